The van der Waals surface area contributed by atoms with E-state index < -0.39 is 0 Å². The summed E-state index contributed by atoms with van der Waals surface area (Å²) in [6.07, 6.45) is 6.23. The molecule has 0 spiro atoms. The fraction of sp³-hybridized carbons (Fsp3) is 0.571. The maximum absolute atomic E-state index is 11.9. The van der Waals surface area contributed by atoms with Crippen LogP contribution >= 0.6 is 12.4 Å². The van der Waals surface area contributed by atoms with Crippen molar-refractivity contribution in [3.05, 3.63) is 18.3 Å². The quantitative estimate of drug-likeness (QED) is 0.893. The Morgan fingerprint density at radius 2 is 2.10 bits per heavy atom. The SMILES string of the molecule is Cl.O=C(Nc1ccc(N2CCCC2)nc1)C1CCCN1. The molecule has 2 saturated heterocycles. The fourth-order valence-electron chi connectivity index (χ4n) is 2.73. The van der Waals surface area contributed by atoms with Crippen molar-refractivity contribution in [1.29, 1.82) is 0 Å². The van der Waals surface area contributed by atoms with Crippen LogP contribution in [0.3, 0.4) is 0 Å². The van der Waals surface area contributed by atoms with Gasteiger partial charge in [-0.25, -0.2) is 4.98 Å². The summed E-state index contributed by atoms with van der Waals surface area (Å²) in [5.41, 5.74) is 0.779. The van der Waals surface area contributed by atoms with Crippen LogP contribution in [0.5, 0.6) is 0 Å². The fourth-order valence-corrected chi connectivity index (χ4v) is 2.73. The van der Waals surface area contributed by atoms with Crippen LogP contribution in [0.15, 0.2) is 18.3 Å². The van der Waals surface area contributed by atoms with Gasteiger partial charge in [0.2, 0.25) is 5.91 Å². The Bertz CT molecular complexity index is 439. The summed E-state index contributed by atoms with van der Waals surface area (Å²) < 4.78 is 0. The van der Waals surface area contributed by atoms with Crippen molar-refractivity contribution in [1.82, 2.24) is 10.3 Å². The number of nitrogens with zero attached hydrogens (tertiary/aromatic N) is 2. The summed E-state index contributed by atoms with van der Waals surface area (Å²) in [6, 6.07) is 3.88. The van der Waals surface area contributed by atoms with E-state index in [0.717, 1.165) is 44.0 Å². The van der Waals surface area contributed by atoms with E-state index in [0.29, 0.717) is 0 Å². The molecule has 0 radical (unpaired) electrons. The van der Waals surface area contributed by atoms with Crippen LogP contribution in [0, 0.1) is 0 Å². The molecule has 2 aliphatic heterocycles. The zero-order chi connectivity index (χ0) is 13.1. The van der Waals surface area contributed by atoms with Crippen molar-refractivity contribution in [2.24, 2.45) is 0 Å². The number of nitrogens with one attached hydrogen (secondary N) is 2. The minimum Gasteiger partial charge on any atom is -0.357 e. The second-order valence-corrected chi connectivity index (χ2v) is 5.24. The van der Waals surface area contributed by atoms with Gasteiger partial charge in [0.05, 0.1) is 17.9 Å². The molecule has 2 N–H and O–H groups in total. The third-order valence-electron chi connectivity index (χ3n) is 3.82. The molecule has 0 bridgehead atoms. The largest absolute Gasteiger partial charge is 0.357 e. The van der Waals surface area contributed by atoms with Gasteiger partial charge in [-0.3, -0.25) is 4.79 Å². The van der Waals surface area contributed by atoms with Crippen LogP contribution in [0.2, 0.25) is 0 Å². The van der Waals surface area contributed by atoms with Crippen LogP contribution in [-0.2, 0) is 4.79 Å². The van der Waals surface area contributed by atoms with Crippen LogP contribution in [0.25, 0.3) is 0 Å². The average molecular weight is 297 g/mol. The van der Waals surface area contributed by atoms with Gasteiger partial charge in [0.15, 0.2) is 0 Å². The first-order chi connectivity index (χ1) is 9.33. The summed E-state index contributed by atoms with van der Waals surface area (Å²) >= 11 is 0. The second-order valence-electron chi connectivity index (χ2n) is 5.24. The van der Waals surface area contributed by atoms with E-state index in [1.54, 1.807) is 6.20 Å². The molecule has 1 aromatic rings. The van der Waals surface area contributed by atoms with Gasteiger partial charge >= 0.3 is 0 Å². The van der Waals surface area contributed by atoms with Crippen molar-refractivity contribution in [2.45, 2.75) is 31.7 Å². The molecule has 20 heavy (non-hydrogen) atoms. The molecule has 0 aliphatic carbocycles. The molecule has 1 amide bonds. The molecular weight excluding hydrogens is 276 g/mol. The third-order valence-corrected chi connectivity index (χ3v) is 3.82. The van der Waals surface area contributed by atoms with Crippen molar-refractivity contribution in [3.63, 3.8) is 0 Å². The van der Waals surface area contributed by atoms with Crippen molar-refractivity contribution in [3.8, 4) is 0 Å². The van der Waals surface area contributed by atoms with Gasteiger partial charge in [0, 0.05) is 13.1 Å². The Balaban J connectivity index is 0.00000147. The summed E-state index contributed by atoms with van der Waals surface area (Å²) in [6.45, 7) is 3.11. The highest BCUT2D eigenvalue weighted by molar-refractivity contribution is 5.94. The lowest BCUT2D eigenvalue weighted by Gasteiger charge is -2.16. The molecule has 5 nitrogen and oxygen atoms in total. The van der Waals surface area contributed by atoms with Gasteiger partial charge in [-0.1, -0.05) is 0 Å². The Hall–Kier alpha value is -1.33. The molecule has 1 atom stereocenters. The van der Waals surface area contributed by atoms with E-state index in [1.807, 2.05) is 12.1 Å². The van der Waals surface area contributed by atoms with Crippen LogP contribution in [0.4, 0.5) is 11.5 Å². The lowest BCUT2D eigenvalue weighted by molar-refractivity contribution is -0.117. The topological polar surface area (TPSA) is 57.3 Å². The number of carbonyl (C=O) groups excluding carboxylic acids is 1. The molecule has 1 aromatic heterocycles. The minimum absolute atomic E-state index is 0. The Morgan fingerprint density at radius 3 is 2.70 bits per heavy atom. The molecule has 3 heterocycles. The van der Waals surface area contributed by atoms with E-state index in [9.17, 15) is 4.79 Å². The van der Waals surface area contributed by atoms with E-state index in [4.69, 9.17) is 0 Å². The van der Waals surface area contributed by atoms with Crippen molar-refractivity contribution >= 4 is 29.8 Å². The van der Waals surface area contributed by atoms with Gasteiger partial charge in [-0.15, -0.1) is 12.4 Å². The Kier molecular flexibility index (Phi) is 5.20. The van der Waals surface area contributed by atoms with Gasteiger partial charge in [-0.2, -0.15) is 0 Å². The third kappa shape index (κ3) is 3.41. The van der Waals surface area contributed by atoms with Crippen molar-refractivity contribution in [2.75, 3.05) is 29.9 Å². The Labute approximate surface area is 125 Å². The number of pyridine rings is 1. The van der Waals surface area contributed by atoms with Gasteiger partial charge in [0.25, 0.3) is 0 Å². The van der Waals surface area contributed by atoms with Crippen LogP contribution in [-0.4, -0.2) is 36.6 Å². The highest BCUT2D eigenvalue weighted by Gasteiger charge is 2.22. The van der Waals surface area contributed by atoms with Crippen molar-refractivity contribution < 1.29 is 4.79 Å². The number of rotatable bonds is 3. The second kappa shape index (κ2) is 6.90. The van der Waals surface area contributed by atoms with E-state index in [2.05, 4.69) is 20.5 Å². The minimum atomic E-state index is -0.0433. The lowest BCUT2D eigenvalue weighted by Crippen LogP contribution is -2.35. The molecule has 2 fully saturated rings. The predicted octanol–water partition coefficient (Wildman–Crippen LogP) is 1.79. The normalized spacial score (nSPS) is 21.6. The summed E-state index contributed by atoms with van der Waals surface area (Å²) in [7, 11) is 0. The smallest absolute Gasteiger partial charge is 0.241 e. The highest BCUT2D eigenvalue weighted by atomic mass is 35.5. The number of amides is 1. The standard InChI is InChI=1S/C14H20N4O.ClH/c19-14(12-4-3-7-15-12)17-11-5-6-13(16-10-11)18-8-1-2-9-18;/h5-6,10,12,15H,1-4,7-9H2,(H,17,19);1H. The molecule has 110 valence electrons. The lowest BCUT2D eigenvalue weighted by atomic mass is 10.2. The van der Waals surface area contributed by atoms with E-state index >= 15 is 0 Å². The number of hydrogen-bond acceptors (Lipinski definition) is 4. The molecule has 6 heteroatoms. The summed E-state index contributed by atoms with van der Waals surface area (Å²) in [5.74, 6) is 1.06. The van der Waals surface area contributed by atoms with Gasteiger partial charge in [0.1, 0.15) is 5.82 Å². The summed E-state index contributed by atoms with van der Waals surface area (Å²) in [5, 5.41) is 6.11. The number of carbonyl (C=O) groups is 1. The number of halogens is 1. The van der Waals surface area contributed by atoms with Crippen LogP contribution < -0.4 is 15.5 Å². The molecule has 1 unspecified atom stereocenters. The molecule has 2 aliphatic rings. The first-order valence-electron chi connectivity index (χ1n) is 7.08. The number of anilines is 2. The Morgan fingerprint density at radius 1 is 1.30 bits per heavy atom. The number of aromatic nitrogens is 1. The average Bonchev–Trinajstić information content (AvgIpc) is 3.13. The monoisotopic (exact) mass is 296 g/mol. The molecule has 3 rings (SSSR count). The van der Waals surface area contributed by atoms with Gasteiger partial charge in [-0.05, 0) is 44.4 Å². The maximum Gasteiger partial charge on any atom is 0.241 e. The first-order valence-corrected chi connectivity index (χ1v) is 7.08. The zero-order valence-corrected chi connectivity index (χ0v) is 12.3. The van der Waals surface area contributed by atoms with E-state index in [1.165, 1.54) is 12.8 Å². The molecule has 0 saturated carbocycles. The first kappa shape index (κ1) is 15.1. The predicted molar refractivity (Wildman–Crippen MR) is 82.6 cm³/mol. The van der Waals surface area contributed by atoms with E-state index in [-0.39, 0.29) is 24.4 Å². The maximum atomic E-state index is 11.9. The highest BCUT2D eigenvalue weighted by Crippen LogP contribution is 2.19. The molecular formula is C14H21ClN4O. The summed E-state index contributed by atoms with van der Waals surface area (Å²) in [4.78, 5) is 18.7. The van der Waals surface area contributed by atoms with Crippen LogP contribution in [0.1, 0.15) is 25.7 Å². The molecule has 0 aromatic carbocycles. The van der Waals surface area contributed by atoms with Gasteiger partial charge < -0.3 is 15.5 Å². The zero-order valence-electron chi connectivity index (χ0n) is 11.5. The number of hydrogen-bond donors (Lipinski definition) is 2.